The third-order valence-corrected chi connectivity index (χ3v) is 8.54. The number of nitriles is 1. The summed E-state index contributed by atoms with van der Waals surface area (Å²) >= 11 is 0. The molecule has 0 radical (unpaired) electrons. The molecule has 0 aliphatic rings. The van der Waals surface area contributed by atoms with Gasteiger partial charge in [-0.05, 0) is 55.2 Å². The highest BCUT2D eigenvalue weighted by Crippen LogP contribution is 2.35. The third kappa shape index (κ3) is 7.45. The second-order valence-electron chi connectivity index (χ2n) is 8.84. The van der Waals surface area contributed by atoms with Crippen LogP contribution in [0.1, 0.15) is 42.4 Å². The van der Waals surface area contributed by atoms with E-state index in [0.29, 0.717) is 0 Å². The average molecular weight is 512 g/mol. The Morgan fingerprint density at radius 1 is 0.757 bits per heavy atom. The Bertz CT molecular complexity index is 1350. The first-order valence-corrected chi connectivity index (χ1v) is 13.5. The fraction of sp³-hybridized carbons (Fsp3) is 0.194. The molecule has 188 valence electrons. The molecule has 0 N–H and O–H groups in total. The normalized spacial score (nSPS) is 12.0. The lowest BCUT2D eigenvalue weighted by atomic mass is 9.95. The Kier molecular flexibility index (Phi) is 9.48. The van der Waals surface area contributed by atoms with Gasteiger partial charge in [0.25, 0.3) is 0 Å². The Labute approximate surface area is 218 Å². The summed E-state index contributed by atoms with van der Waals surface area (Å²) in [5.74, 6) is -0.587. The molecule has 0 atom stereocenters. The molecule has 0 aliphatic heterocycles. The van der Waals surface area contributed by atoms with E-state index >= 15 is 0 Å². The quantitative estimate of drug-likeness (QED) is 0.272. The molecule has 37 heavy (non-hydrogen) atoms. The van der Waals surface area contributed by atoms with Crippen LogP contribution in [-0.4, -0.2) is 24.7 Å². The molecule has 6 heteroatoms. The predicted molar refractivity (Wildman–Crippen MR) is 146 cm³/mol. The monoisotopic (exact) mass is 511 g/mol. The van der Waals surface area contributed by atoms with Gasteiger partial charge in [-0.25, -0.2) is 8.42 Å². The number of hydrogen-bond donors (Lipinski definition) is 0. The van der Waals surface area contributed by atoms with Crippen molar-refractivity contribution in [2.45, 2.75) is 42.2 Å². The molecular formula is C31H29NO4S. The number of aryl methyl sites for hydroxylation is 1. The molecule has 0 heterocycles. The molecule has 0 spiro atoms. The van der Waals surface area contributed by atoms with E-state index in [2.05, 4.69) is 0 Å². The first kappa shape index (κ1) is 27.5. The van der Waals surface area contributed by atoms with E-state index in [0.717, 1.165) is 16.7 Å². The van der Waals surface area contributed by atoms with Gasteiger partial charge >= 0.3 is 0 Å². The first-order valence-electron chi connectivity index (χ1n) is 12.0. The summed E-state index contributed by atoms with van der Waals surface area (Å²) in [6, 6.07) is 26.8. The molecule has 0 aromatic heterocycles. The second-order valence-corrected chi connectivity index (χ2v) is 11.1. The van der Waals surface area contributed by atoms with Crippen LogP contribution in [-0.2, 0) is 19.4 Å². The van der Waals surface area contributed by atoms with Gasteiger partial charge in [-0.15, -0.1) is 0 Å². The summed E-state index contributed by atoms with van der Waals surface area (Å²) in [6.45, 7) is 1.84. The molecule has 0 amide bonds. The van der Waals surface area contributed by atoms with Crippen molar-refractivity contribution in [3.05, 3.63) is 114 Å². The number of benzene rings is 3. The molecule has 0 saturated carbocycles. The lowest BCUT2D eigenvalue weighted by molar-refractivity contribution is -0.115. The molecule has 3 aromatic rings. The smallest absolute Gasteiger partial charge is 0.197 e. The minimum absolute atomic E-state index is 0.000738. The van der Waals surface area contributed by atoms with Crippen molar-refractivity contribution in [1.29, 1.82) is 5.26 Å². The van der Waals surface area contributed by atoms with Gasteiger partial charge in [0.1, 0.15) is 0 Å². The van der Waals surface area contributed by atoms with Crippen molar-refractivity contribution in [3.63, 3.8) is 0 Å². The number of hydrogen-bond acceptors (Lipinski definition) is 5. The number of ketones is 2. The van der Waals surface area contributed by atoms with Crippen LogP contribution in [0.4, 0.5) is 0 Å². The molecule has 5 nitrogen and oxygen atoms in total. The predicted octanol–water partition coefficient (Wildman–Crippen LogP) is 6.16. The van der Waals surface area contributed by atoms with Crippen LogP contribution >= 0.6 is 0 Å². The van der Waals surface area contributed by atoms with Gasteiger partial charge in [0.2, 0.25) is 0 Å². The average Bonchev–Trinajstić information content (AvgIpc) is 2.92. The lowest BCUT2D eigenvalue weighted by Crippen LogP contribution is -2.38. The number of nitrogens with zero attached hydrogens (tertiary/aromatic N) is 1. The summed E-state index contributed by atoms with van der Waals surface area (Å²) in [7, 11) is -4.17. The van der Waals surface area contributed by atoms with Crippen LogP contribution in [0.3, 0.4) is 0 Å². The number of sulfone groups is 1. The zero-order chi connectivity index (χ0) is 26.7. The molecule has 0 aliphatic carbocycles. The van der Waals surface area contributed by atoms with E-state index in [1.54, 1.807) is 24.3 Å². The van der Waals surface area contributed by atoms with Crippen molar-refractivity contribution in [2.24, 2.45) is 0 Å². The maximum absolute atomic E-state index is 13.7. The van der Waals surface area contributed by atoms with E-state index < -0.39 is 14.6 Å². The highest BCUT2D eigenvalue weighted by molar-refractivity contribution is 7.93. The van der Waals surface area contributed by atoms with E-state index in [1.807, 2.05) is 73.7 Å². The van der Waals surface area contributed by atoms with E-state index in [1.165, 1.54) is 24.3 Å². The second kappa shape index (κ2) is 12.8. The highest BCUT2D eigenvalue weighted by Gasteiger charge is 2.45. The van der Waals surface area contributed by atoms with E-state index in [4.69, 9.17) is 0 Å². The molecule has 0 unspecified atom stereocenters. The fourth-order valence-electron chi connectivity index (χ4n) is 3.83. The van der Waals surface area contributed by atoms with E-state index in [-0.39, 0.29) is 42.1 Å². The zero-order valence-electron chi connectivity index (χ0n) is 20.7. The largest absolute Gasteiger partial charge is 0.295 e. The van der Waals surface area contributed by atoms with Crippen LogP contribution in [0, 0.1) is 18.3 Å². The SMILES string of the molecule is Cc1ccc(S(=O)(=O)C(C#N)(CCC(=O)/C=C/c2ccccc2)CCC(=O)/C=C/c2ccccc2)cc1. The van der Waals surface area contributed by atoms with Crippen molar-refractivity contribution in [2.75, 3.05) is 0 Å². The maximum Gasteiger partial charge on any atom is 0.197 e. The van der Waals surface area contributed by atoms with Gasteiger partial charge < -0.3 is 0 Å². The Hall–Kier alpha value is -4.08. The Balaban J connectivity index is 1.82. The van der Waals surface area contributed by atoms with Crippen molar-refractivity contribution in [1.82, 2.24) is 0 Å². The van der Waals surface area contributed by atoms with Crippen LogP contribution in [0.5, 0.6) is 0 Å². The molecule has 3 rings (SSSR count). The van der Waals surface area contributed by atoms with Crippen LogP contribution < -0.4 is 0 Å². The zero-order valence-corrected chi connectivity index (χ0v) is 21.5. The maximum atomic E-state index is 13.7. The number of allylic oxidation sites excluding steroid dienone is 2. The highest BCUT2D eigenvalue weighted by atomic mass is 32.2. The summed E-state index contributed by atoms with van der Waals surface area (Å²) < 4.78 is 25.5. The van der Waals surface area contributed by atoms with Gasteiger partial charge in [-0.2, -0.15) is 5.26 Å². The summed E-state index contributed by atoms with van der Waals surface area (Å²) in [5.41, 5.74) is 2.56. The molecule has 3 aromatic carbocycles. The topological polar surface area (TPSA) is 92.1 Å². The molecule has 0 fully saturated rings. The van der Waals surface area contributed by atoms with Gasteiger partial charge in [-0.3, -0.25) is 9.59 Å². The number of rotatable bonds is 12. The third-order valence-electron chi connectivity index (χ3n) is 6.12. The van der Waals surface area contributed by atoms with Gasteiger partial charge in [-0.1, -0.05) is 90.5 Å². The van der Waals surface area contributed by atoms with Crippen molar-refractivity contribution >= 4 is 33.6 Å². The van der Waals surface area contributed by atoms with Crippen LogP contribution in [0.15, 0.2) is 102 Å². The summed E-state index contributed by atoms with van der Waals surface area (Å²) in [6.07, 6.45) is 5.38. The minimum atomic E-state index is -4.17. The minimum Gasteiger partial charge on any atom is -0.295 e. The Morgan fingerprint density at radius 2 is 1.19 bits per heavy atom. The molecule has 0 saturated heterocycles. The summed E-state index contributed by atoms with van der Waals surface area (Å²) in [4.78, 5) is 25.2. The molecule has 0 bridgehead atoms. The standard InChI is InChI=1S/C31H29NO4S/c1-25-12-18-30(19-13-25)37(35,36)31(24-32,22-20-28(33)16-14-26-8-4-2-5-9-26)23-21-29(34)17-15-27-10-6-3-7-11-27/h2-19H,20-23H2,1H3/b16-14+,17-15+. The lowest BCUT2D eigenvalue weighted by Gasteiger charge is -2.26. The van der Waals surface area contributed by atoms with Crippen LogP contribution in [0.2, 0.25) is 0 Å². The van der Waals surface area contributed by atoms with Gasteiger partial charge in [0.05, 0.1) is 11.0 Å². The van der Waals surface area contributed by atoms with Crippen LogP contribution in [0.25, 0.3) is 12.2 Å². The first-order chi connectivity index (χ1) is 17.8. The van der Waals surface area contributed by atoms with Crippen molar-refractivity contribution < 1.29 is 18.0 Å². The van der Waals surface area contributed by atoms with Gasteiger partial charge in [0, 0.05) is 12.8 Å². The molecular weight excluding hydrogens is 482 g/mol. The summed E-state index contributed by atoms with van der Waals surface area (Å²) in [5, 5.41) is 10.2. The number of carbonyl (C=O) groups excluding carboxylic acids is 2. The Morgan fingerprint density at radius 3 is 1.59 bits per heavy atom. The van der Waals surface area contributed by atoms with Gasteiger partial charge in [0.15, 0.2) is 26.2 Å². The number of carbonyl (C=O) groups is 2. The van der Waals surface area contributed by atoms with E-state index in [9.17, 15) is 23.3 Å². The van der Waals surface area contributed by atoms with Crippen molar-refractivity contribution in [3.8, 4) is 6.07 Å². The fourth-order valence-corrected chi connectivity index (χ4v) is 5.64.